The summed E-state index contributed by atoms with van der Waals surface area (Å²) in [5, 5.41) is 4.32. The minimum absolute atomic E-state index is 0.00667. The van der Waals surface area contributed by atoms with Gasteiger partial charge in [0.2, 0.25) is 0 Å². The van der Waals surface area contributed by atoms with Crippen molar-refractivity contribution < 1.29 is 4.79 Å². The number of anilines is 1. The Hall–Kier alpha value is -1.56. The molecule has 19 heavy (non-hydrogen) atoms. The summed E-state index contributed by atoms with van der Waals surface area (Å²) in [7, 11) is 3.86. The summed E-state index contributed by atoms with van der Waals surface area (Å²) in [5.41, 5.74) is 7.90. The first-order chi connectivity index (χ1) is 8.95. The number of hydrogen-bond donors (Lipinski definition) is 1. The molecule has 6 heteroatoms. The van der Waals surface area contributed by atoms with Crippen LogP contribution < -0.4 is 5.73 Å². The number of nitrogen functional groups attached to an aromatic ring is 1. The normalized spacial score (nSPS) is 20.8. The van der Waals surface area contributed by atoms with Crippen LogP contribution in [0.15, 0.2) is 0 Å². The molecule has 106 valence electrons. The van der Waals surface area contributed by atoms with Crippen molar-refractivity contribution in [1.82, 2.24) is 19.6 Å². The van der Waals surface area contributed by atoms with E-state index < -0.39 is 0 Å². The number of carbonyl (C=O) groups excluding carboxylic acids is 1. The van der Waals surface area contributed by atoms with Gasteiger partial charge < -0.3 is 15.5 Å². The SMILES string of the molecule is CCc1nn(C)c(C(=O)N2CCN(C)CC2C)c1N. The molecule has 0 radical (unpaired) electrons. The highest BCUT2D eigenvalue weighted by molar-refractivity contribution is 5.98. The molecule has 0 aliphatic carbocycles. The topological polar surface area (TPSA) is 67.4 Å². The third kappa shape index (κ3) is 2.45. The minimum atomic E-state index is -0.00667. The quantitative estimate of drug-likeness (QED) is 0.837. The van der Waals surface area contributed by atoms with Crippen LogP contribution in [0.25, 0.3) is 0 Å². The number of carbonyl (C=O) groups is 1. The number of amides is 1. The third-order valence-electron chi connectivity index (χ3n) is 3.79. The third-order valence-corrected chi connectivity index (χ3v) is 3.79. The predicted molar refractivity (Wildman–Crippen MR) is 75.0 cm³/mol. The lowest BCUT2D eigenvalue weighted by atomic mass is 10.1. The van der Waals surface area contributed by atoms with Gasteiger partial charge in [0.15, 0.2) is 0 Å². The first-order valence-electron chi connectivity index (χ1n) is 6.76. The zero-order valence-electron chi connectivity index (χ0n) is 12.2. The second-order valence-electron chi connectivity index (χ2n) is 5.30. The number of aromatic nitrogens is 2. The monoisotopic (exact) mass is 265 g/mol. The van der Waals surface area contributed by atoms with Crippen LogP contribution in [0.1, 0.15) is 30.0 Å². The number of rotatable bonds is 2. The number of hydrogen-bond acceptors (Lipinski definition) is 4. The van der Waals surface area contributed by atoms with Crippen molar-refractivity contribution in [3.8, 4) is 0 Å². The van der Waals surface area contributed by atoms with E-state index in [4.69, 9.17) is 5.73 Å². The Bertz CT molecular complexity index is 482. The van der Waals surface area contributed by atoms with Gasteiger partial charge in [-0.15, -0.1) is 0 Å². The van der Waals surface area contributed by atoms with E-state index in [0.717, 1.165) is 31.7 Å². The number of aryl methyl sites for hydroxylation is 2. The van der Waals surface area contributed by atoms with Gasteiger partial charge in [-0.3, -0.25) is 9.48 Å². The number of nitrogens with zero attached hydrogens (tertiary/aromatic N) is 4. The highest BCUT2D eigenvalue weighted by Gasteiger charge is 2.30. The second-order valence-corrected chi connectivity index (χ2v) is 5.30. The van der Waals surface area contributed by atoms with E-state index >= 15 is 0 Å². The molecule has 1 aliphatic rings. The molecule has 6 nitrogen and oxygen atoms in total. The number of likely N-dealkylation sites (N-methyl/N-ethyl adjacent to an activating group) is 1. The molecule has 0 saturated carbocycles. The maximum Gasteiger partial charge on any atom is 0.274 e. The van der Waals surface area contributed by atoms with Gasteiger partial charge in [0.05, 0.1) is 11.4 Å². The molecular formula is C13H23N5O. The van der Waals surface area contributed by atoms with Gasteiger partial charge in [-0.05, 0) is 20.4 Å². The van der Waals surface area contributed by atoms with Gasteiger partial charge in [0, 0.05) is 32.7 Å². The molecule has 0 aromatic carbocycles. The van der Waals surface area contributed by atoms with Gasteiger partial charge >= 0.3 is 0 Å². The Labute approximate surface area is 114 Å². The van der Waals surface area contributed by atoms with E-state index in [0.29, 0.717) is 11.4 Å². The van der Waals surface area contributed by atoms with E-state index in [9.17, 15) is 4.79 Å². The van der Waals surface area contributed by atoms with Crippen molar-refractivity contribution >= 4 is 11.6 Å². The van der Waals surface area contributed by atoms with Crippen molar-refractivity contribution in [2.45, 2.75) is 26.3 Å². The Kier molecular flexibility index (Phi) is 3.80. The van der Waals surface area contributed by atoms with Crippen LogP contribution in [0.4, 0.5) is 5.69 Å². The van der Waals surface area contributed by atoms with Gasteiger partial charge in [-0.2, -0.15) is 5.10 Å². The standard InChI is InChI=1S/C13H23N5O/c1-5-10-11(14)12(17(4)15-10)13(19)18-7-6-16(3)8-9(18)2/h9H,5-8,14H2,1-4H3. The molecule has 1 amide bonds. The molecule has 0 spiro atoms. The van der Waals surface area contributed by atoms with Gasteiger partial charge in [0.25, 0.3) is 5.91 Å². The lowest BCUT2D eigenvalue weighted by Crippen LogP contribution is -2.53. The van der Waals surface area contributed by atoms with Crippen LogP contribution in [0.5, 0.6) is 0 Å². The largest absolute Gasteiger partial charge is 0.395 e. The van der Waals surface area contributed by atoms with Crippen LogP contribution in [0.2, 0.25) is 0 Å². The lowest BCUT2D eigenvalue weighted by Gasteiger charge is -2.38. The van der Waals surface area contributed by atoms with Crippen molar-refractivity contribution in [2.75, 3.05) is 32.4 Å². The molecular weight excluding hydrogens is 242 g/mol. The Balaban J connectivity index is 2.27. The molecule has 1 unspecified atom stereocenters. The van der Waals surface area contributed by atoms with Crippen molar-refractivity contribution in [3.05, 3.63) is 11.4 Å². The maximum atomic E-state index is 12.7. The molecule has 0 bridgehead atoms. The van der Waals surface area contributed by atoms with E-state index in [1.54, 1.807) is 11.7 Å². The summed E-state index contributed by atoms with van der Waals surface area (Å²) in [6, 6.07) is 0.200. The molecule has 1 aromatic rings. The molecule has 1 atom stereocenters. The zero-order valence-corrected chi connectivity index (χ0v) is 12.2. The summed E-state index contributed by atoms with van der Waals surface area (Å²) >= 11 is 0. The van der Waals surface area contributed by atoms with Gasteiger partial charge in [-0.1, -0.05) is 6.92 Å². The number of nitrogens with two attached hydrogens (primary N) is 1. The Morgan fingerprint density at radius 3 is 2.63 bits per heavy atom. The summed E-state index contributed by atoms with van der Waals surface area (Å²) in [5.74, 6) is -0.00667. The predicted octanol–water partition coefficient (Wildman–Crippen LogP) is 0.341. The van der Waals surface area contributed by atoms with E-state index in [-0.39, 0.29) is 11.9 Å². The average molecular weight is 265 g/mol. The fourth-order valence-electron chi connectivity index (χ4n) is 2.69. The van der Waals surface area contributed by atoms with E-state index in [1.807, 2.05) is 11.8 Å². The van der Waals surface area contributed by atoms with Crippen LogP contribution in [-0.2, 0) is 13.5 Å². The summed E-state index contributed by atoms with van der Waals surface area (Å²) in [4.78, 5) is 16.8. The van der Waals surface area contributed by atoms with Gasteiger partial charge in [-0.25, -0.2) is 0 Å². The summed E-state index contributed by atoms with van der Waals surface area (Å²) in [6.07, 6.45) is 0.741. The zero-order chi connectivity index (χ0) is 14.2. The molecule has 1 aromatic heterocycles. The summed E-state index contributed by atoms with van der Waals surface area (Å²) in [6.45, 7) is 6.59. The highest BCUT2D eigenvalue weighted by atomic mass is 16.2. The van der Waals surface area contributed by atoms with Crippen molar-refractivity contribution in [2.24, 2.45) is 7.05 Å². The fraction of sp³-hybridized carbons (Fsp3) is 0.692. The summed E-state index contributed by atoms with van der Waals surface area (Å²) < 4.78 is 1.61. The smallest absolute Gasteiger partial charge is 0.274 e. The first kappa shape index (κ1) is 13.9. The average Bonchev–Trinajstić information content (AvgIpc) is 2.63. The minimum Gasteiger partial charge on any atom is -0.395 e. The Morgan fingerprint density at radius 1 is 1.42 bits per heavy atom. The fourth-order valence-corrected chi connectivity index (χ4v) is 2.69. The van der Waals surface area contributed by atoms with E-state index in [1.165, 1.54) is 0 Å². The molecule has 2 N–H and O–H groups in total. The Morgan fingerprint density at radius 2 is 2.11 bits per heavy atom. The van der Waals surface area contributed by atoms with Crippen molar-refractivity contribution in [3.63, 3.8) is 0 Å². The molecule has 2 rings (SSSR count). The maximum absolute atomic E-state index is 12.7. The van der Waals surface area contributed by atoms with Crippen LogP contribution >= 0.6 is 0 Å². The van der Waals surface area contributed by atoms with E-state index in [2.05, 4.69) is 24.0 Å². The van der Waals surface area contributed by atoms with Gasteiger partial charge in [0.1, 0.15) is 5.69 Å². The molecule has 2 heterocycles. The highest BCUT2D eigenvalue weighted by Crippen LogP contribution is 2.21. The number of piperazine rings is 1. The molecule has 1 saturated heterocycles. The second kappa shape index (κ2) is 5.21. The molecule has 1 fully saturated rings. The first-order valence-corrected chi connectivity index (χ1v) is 6.76. The van der Waals surface area contributed by atoms with Crippen LogP contribution in [-0.4, -0.2) is 58.2 Å². The van der Waals surface area contributed by atoms with Crippen LogP contribution in [0, 0.1) is 0 Å². The lowest BCUT2D eigenvalue weighted by molar-refractivity contribution is 0.0524. The molecule has 1 aliphatic heterocycles. The van der Waals surface area contributed by atoms with Crippen LogP contribution in [0.3, 0.4) is 0 Å². The van der Waals surface area contributed by atoms with Crippen molar-refractivity contribution in [1.29, 1.82) is 0 Å².